The summed E-state index contributed by atoms with van der Waals surface area (Å²) in [6.45, 7) is 2.01. The van der Waals surface area contributed by atoms with Crippen molar-refractivity contribution in [3.05, 3.63) is 89.2 Å². The van der Waals surface area contributed by atoms with Crippen molar-refractivity contribution in [3.63, 3.8) is 0 Å². The molecular weight excluding hydrogens is 352 g/mol. The van der Waals surface area contributed by atoms with Gasteiger partial charge in [0.05, 0.1) is 11.6 Å². The molecule has 0 aliphatic carbocycles. The number of hydrogen-bond acceptors (Lipinski definition) is 4. The number of aromatic nitrogens is 1. The highest BCUT2D eigenvalue weighted by Gasteiger charge is 2.14. The molecule has 0 radical (unpaired) electrons. The molecule has 6 nitrogen and oxygen atoms in total. The lowest BCUT2D eigenvalue weighted by Gasteiger charge is -2.10. The Balaban J connectivity index is 1.74. The summed E-state index contributed by atoms with van der Waals surface area (Å²) in [5.41, 5.74) is 3.06. The molecule has 0 aliphatic heterocycles. The maximum Gasteiger partial charge on any atom is 0.274 e. The predicted molar refractivity (Wildman–Crippen MR) is 107 cm³/mol. The molecule has 0 bridgehead atoms. The zero-order valence-electron chi connectivity index (χ0n) is 15.3. The maximum atomic E-state index is 12.5. The minimum absolute atomic E-state index is 0.126. The number of benzene rings is 2. The summed E-state index contributed by atoms with van der Waals surface area (Å²) in [6.07, 6.45) is 0.789. The number of nitrogens with one attached hydrogen (secondary N) is 2. The first-order valence-corrected chi connectivity index (χ1v) is 8.78. The number of carbonyl (C=O) groups excluding carboxylic acids is 2. The van der Waals surface area contributed by atoms with Crippen molar-refractivity contribution in [1.82, 2.24) is 4.98 Å². The van der Waals surface area contributed by atoms with E-state index < -0.39 is 5.91 Å². The van der Waals surface area contributed by atoms with Crippen LogP contribution in [0, 0.1) is 11.3 Å². The fraction of sp³-hybridized carbons (Fsp3) is 0.0909. The van der Waals surface area contributed by atoms with Crippen molar-refractivity contribution in [2.75, 3.05) is 10.6 Å². The molecule has 0 unspecified atom stereocenters. The van der Waals surface area contributed by atoms with Gasteiger partial charge in [-0.25, -0.2) is 4.98 Å². The van der Waals surface area contributed by atoms with Gasteiger partial charge in [-0.3, -0.25) is 9.59 Å². The van der Waals surface area contributed by atoms with Gasteiger partial charge in [-0.15, -0.1) is 0 Å². The van der Waals surface area contributed by atoms with Gasteiger partial charge in [0, 0.05) is 11.4 Å². The van der Waals surface area contributed by atoms with Crippen LogP contribution in [-0.4, -0.2) is 16.8 Å². The molecule has 138 valence electrons. The van der Waals surface area contributed by atoms with Crippen LogP contribution in [0.5, 0.6) is 0 Å². The Hall–Kier alpha value is -3.98. The van der Waals surface area contributed by atoms with E-state index in [0.29, 0.717) is 11.3 Å². The average Bonchev–Trinajstić information content (AvgIpc) is 2.74. The molecule has 3 rings (SSSR count). The van der Waals surface area contributed by atoms with Gasteiger partial charge in [-0.1, -0.05) is 31.2 Å². The standard InChI is InChI=1S/C22H18N4O2/c1-2-16-6-3-4-7-18(16)26-22(28)20-9-5-8-19(25-20)21(27)24-17-12-10-15(14-23)11-13-17/h3-13H,2H2,1H3,(H,24,27)(H,26,28). The van der Waals surface area contributed by atoms with E-state index in [1.807, 2.05) is 37.3 Å². The van der Waals surface area contributed by atoms with Gasteiger partial charge >= 0.3 is 0 Å². The number of nitriles is 1. The molecule has 0 atom stereocenters. The summed E-state index contributed by atoms with van der Waals surface area (Å²) in [6, 6.07) is 20.8. The van der Waals surface area contributed by atoms with Crippen LogP contribution in [0.1, 0.15) is 39.0 Å². The van der Waals surface area contributed by atoms with Crippen LogP contribution in [0.2, 0.25) is 0 Å². The van der Waals surface area contributed by atoms with E-state index in [1.54, 1.807) is 36.4 Å². The lowest BCUT2D eigenvalue weighted by molar-refractivity contribution is 0.101. The van der Waals surface area contributed by atoms with Gasteiger partial charge in [-0.2, -0.15) is 5.26 Å². The van der Waals surface area contributed by atoms with Crippen LogP contribution < -0.4 is 10.6 Å². The van der Waals surface area contributed by atoms with Gasteiger partial charge < -0.3 is 10.6 Å². The summed E-state index contributed by atoms with van der Waals surface area (Å²) in [5, 5.41) is 14.4. The largest absolute Gasteiger partial charge is 0.321 e. The molecule has 1 heterocycles. The highest BCUT2D eigenvalue weighted by Crippen LogP contribution is 2.16. The molecule has 0 saturated heterocycles. The normalized spacial score (nSPS) is 10.0. The molecule has 2 amide bonds. The molecule has 0 aliphatic rings. The van der Waals surface area contributed by atoms with Crippen LogP contribution in [0.4, 0.5) is 11.4 Å². The molecule has 2 N–H and O–H groups in total. The lowest BCUT2D eigenvalue weighted by Crippen LogP contribution is -2.19. The Bertz CT molecular complexity index is 1050. The first-order chi connectivity index (χ1) is 13.6. The number of hydrogen-bond donors (Lipinski definition) is 2. The summed E-state index contributed by atoms with van der Waals surface area (Å²) in [7, 11) is 0. The van der Waals surface area contributed by atoms with E-state index in [1.165, 1.54) is 6.07 Å². The number of pyridine rings is 1. The van der Waals surface area contributed by atoms with Crippen LogP contribution in [0.15, 0.2) is 66.7 Å². The fourth-order valence-corrected chi connectivity index (χ4v) is 2.65. The lowest BCUT2D eigenvalue weighted by atomic mass is 10.1. The molecule has 0 fully saturated rings. The van der Waals surface area contributed by atoms with E-state index in [-0.39, 0.29) is 17.3 Å². The second-order valence-electron chi connectivity index (χ2n) is 6.02. The number of rotatable bonds is 5. The average molecular weight is 370 g/mol. The second-order valence-corrected chi connectivity index (χ2v) is 6.02. The Morgan fingerprint density at radius 2 is 1.54 bits per heavy atom. The van der Waals surface area contributed by atoms with E-state index >= 15 is 0 Å². The Morgan fingerprint density at radius 1 is 0.893 bits per heavy atom. The monoisotopic (exact) mass is 370 g/mol. The minimum atomic E-state index is -0.437. The third-order valence-electron chi connectivity index (χ3n) is 4.13. The van der Waals surface area contributed by atoms with Gasteiger partial charge in [0.1, 0.15) is 11.4 Å². The third-order valence-corrected chi connectivity index (χ3v) is 4.13. The zero-order valence-corrected chi connectivity index (χ0v) is 15.3. The van der Waals surface area contributed by atoms with Crippen molar-refractivity contribution in [2.45, 2.75) is 13.3 Å². The number of anilines is 2. The Labute approximate surface area is 162 Å². The number of nitrogens with zero attached hydrogens (tertiary/aromatic N) is 2. The molecule has 0 spiro atoms. The van der Waals surface area contributed by atoms with Crippen LogP contribution >= 0.6 is 0 Å². The highest BCUT2D eigenvalue weighted by atomic mass is 16.2. The van der Waals surface area contributed by atoms with E-state index in [4.69, 9.17) is 5.26 Å². The molecule has 28 heavy (non-hydrogen) atoms. The first kappa shape index (κ1) is 18.8. The van der Waals surface area contributed by atoms with E-state index in [2.05, 4.69) is 15.6 Å². The Kier molecular flexibility index (Phi) is 5.78. The molecule has 3 aromatic rings. The summed E-state index contributed by atoms with van der Waals surface area (Å²) >= 11 is 0. The fourth-order valence-electron chi connectivity index (χ4n) is 2.65. The number of amides is 2. The number of aryl methyl sites for hydroxylation is 1. The predicted octanol–water partition coefficient (Wildman–Crippen LogP) is 4.02. The highest BCUT2D eigenvalue weighted by molar-refractivity contribution is 6.06. The SMILES string of the molecule is CCc1ccccc1NC(=O)c1cccc(C(=O)Nc2ccc(C#N)cc2)n1. The smallest absolute Gasteiger partial charge is 0.274 e. The van der Waals surface area contributed by atoms with Crippen molar-refractivity contribution < 1.29 is 9.59 Å². The number of carbonyl (C=O) groups is 2. The summed E-state index contributed by atoms with van der Waals surface area (Å²) in [5.74, 6) is -0.817. The molecule has 1 aromatic heterocycles. The quantitative estimate of drug-likeness (QED) is 0.709. The summed E-state index contributed by atoms with van der Waals surface area (Å²) < 4.78 is 0. The van der Waals surface area contributed by atoms with E-state index in [9.17, 15) is 9.59 Å². The molecular formula is C22H18N4O2. The second kappa shape index (κ2) is 8.60. The zero-order chi connectivity index (χ0) is 19.9. The molecule has 0 saturated carbocycles. The minimum Gasteiger partial charge on any atom is -0.321 e. The van der Waals surface area contributed by atoms with E-state index in [0.717, 1.165) is 17.7 Å². The molecule has 2 aromatic carbocycles. The van der Waals surface area contributed by atoms with Crippen molar-refractivity contribution in [1.29, 1.82) is 5.26 Å². The van der Waals surface area contributed by atoms with Crippen molar-refractivity contribution in [3.8, 4) is 6.07 Å². The first-order valence-electron chi connectivity index (χ1n) is 8.78. The molecule has 6 heteroatoms. The van der Waals surface area contributed by atoms with Gasteiger partial charge in [-0.05, 0) is 54.4 Å². The van der Waals surface area contributed by atoms with Gasteiger partial charge in [0.2, 0.25) is 0 Å². The van der Waals surface area contributed by atoms with Crippen molar-refractivity contribution in [2.24, 2.45) is 0 Å². The summed E-state index contributed by atoms with van der Waals surface area (Å²) in [4.78, 5) is 29.2. The van der Waals surface area contributed by atoms with Gasteiger partial charge in [0.25, 0.3) is 11.8 Å². The van der Waals surface area contributed by atoms with Gasteiger partial charge in [0.15, 0.2) is 0 Å². The maximum absolute atomic E-state index is 12.5. The van der Waals surface area contributed by atoms with Crippen LogP contribution in [0.3, 0.4) is 0 Å². The topological polar surface area (TPSA) is 94.9 Å². The number of para-hydroxylation sites is 1. The van der Waals surface area contributed by atoms with Crippen LogP contribution in [-0.2, 0) is 6.42 Å². The van der Waals surface area contributed by atoms with Crippen LogP contribution in [0.25, 0.3) is 0 Å². The van der Waals surface area contributed by atoms with Crippen molar-refractivity contribution >= 4 is 23.2 Å². The third kappa shape index (κ3) is 4.40. The Morgan fingerprint density at radius 3 is 2.18 bits per heavy atom.